The molecule has 0 fully saturated rings. The van der Waals surface area contributed by atoms with Gasteiger partial charge in [0.05, 0.1) is 0 Å². The molecule has 2 atom stereocenters. The maximum absolute atomic E-state index is 5.57. The molecule has 0 aliphatic carbocycles. The van der Waals surface area contributed by atoms with Crippen molar-refractivity contribution in [3.63, 3.8) is 0 Å². The predicted molar refractivity (Wildman–Crippen MR) is 65.7 cm³/mol. The molecule has 0 saturated heterocycles. The monoisotopic (exact) mass is 206 g/mol. The lowest BCUT2D eigenvalue weighted by Crippen LogP contribution is -2.23. The largest absolute Gasteiger partial charge is 0.330 e. The van der Waals surface area contributed by atoms with Crippen LogP contribution in [-0.2, 0) is 0 Å². The average molecular weight is 206 g/mol. The van der Waals surface area contributed by atoms with Crippen molar-refractivity contribution in [3.05, 3.63) is 35.9 Å². The van der Waals surface area contributed by atoms with Crippen LogP contribution in [0.3, 0.4) is 0 Å². The van der Waals surface area contributed by atoms with Gasteiger partial charge >= 0.3 is 0 Å². The van der Waals surface area contributed by atoms with E-state index in [4.69, 9.17) is 5.73 Å². The molecule has 0 aliphatic rings. The van der Waals surface area contributed by atoms with E-state index in [1.165, 1.54) is 5.56 Å². The molecule has 2 heteroatoms. The summed E-state index contributed by atoms with van der Waals surface area (Å²) in [6.07, 6.45) is 1.15. The Bertz CT molecular complexity index is 258. The Balaban J connectivity index is 2.28. The SMILES string of the molecule is CC(CN)CCNC(C)c1ccccc1. The second-order valence-electron chi connectivity index (χ2n) is 4.22. The highest BCUT2D eigenvalue weighted by Gasteiger charge is 2.04. The molecule has 0 bridgehead atoms. The van der Waals surface area contributed by atoms with Crippen molar-refractivity contribution >= 4 is 0 Å². The molecular weight excluding hydrogens is 184 g/mol. The summed E-state index contributed by atoms with van der Waals surface area (Å²) in [4.78, 5) is 0. The Morgan fingerprint density at radius 2 is 1.87 bits per heavy atom. The van der Waals surface area contributed by atoms with Crippen LogP contribution in [-0.4, -0.2) is 13.1 Å². The summed E-state index contributed by atoms with van der Waals surface area (Å²) in [6.45, 7) is 6.20. The van der Waals surface area contributed by atoms with Gasteiger partial charge in [0.1, 0.15) is 0 Å². The molecule has 84 valence electrons. The summed E-state index contributed by atoms with van der Waals surface area (Å²) in [6, 6.07) is 10.9. The average Bonchev–Trinajstić information content (AvgIpc) is 2.29. The number of rotatable bonds is 6. The molecule has 0 amide bonds. The molecule has 0 spiro atoms. The van der Waals surface area contributed by atoms with E-state index >= 15 is 0 Å². The Hall–Kier alpha value is -0.860. The Labute approximate surface area is 92.9 Å². The minimum absolute atomic E-state index is 0.427. The first kappa shape index (κ1) is 12.2. The van der Waals surface area contributed by atoms with Gasteiger partial charge in [0.2, 0.25) is 0 Å². The quantitative estimate of drug-likeness (QED) is 0.749. The molecule has 0 aromatic heterocycles. The lowest BCUT2D eigenvalue weighted by atomic mass is 10.1. The first-order valence-corrected chi connectivity index (χ1v) is 5.72. The number of hydrogen-bond acceptors (Lipinski definition) is 2. The van der Waals surface area contributed by atoms with E-state index in [-0.39, 0.29) is 0 Å². The minimum atomic E-state index is 0.427. The van der Waals surface area contributed by atoms with Gasteiger partial charge in [-0.2, -0.15) is 0 Å². The van der Waals surface area contributed by atoms with Crippen LogP contribution in [0.4, 0.5) is 0 Å². The minimum Gasteiger partial charge on any atom is -0.330 e. The van der Waals surface area contributed by atoms with Gasteiger partial charge in [-0.15, -0.1) is 0 Å². The van der Waals surface area contributed by atoms with E-state index in [2.05, 4.69) is 43.4 Å². The highest BCUT2D eigenvalue weighted by atomic mass is 14.9. The summed E-state index contributed by atoms with van der Waals surface area (Å²) in [5.41, 5.74) is 6.92. The van der Waals surface area contributed by atoms with Gasteiger partial charge in [0.25, 0.3) is 0 Å². The van der Waals surface area contributed by atoms with Crippen LogP contribution < -0.4 is 11.1 Å². The molecule has 2 unspecified atom stereocenters. The smallest absolute Gasteiger partial charge is 0.0291 e. The van der Waals surface area contributed by atoms with Crippen LogP contribution in [0.5, 0.6) is 0 Å². The summed E-state index contributed by atoms with van der Waals surface area (Å²) < 4.78 is 0. The van der Waals surface area contributed by atoms with E-state index in [1.807, 2.05) is 6.07 Å². The van der Waals surface area contributed by atoms with E-state index in [9.17, 15) is 0 Å². The first-order chi connectivity index (χ1) is 7.24. The second kappa shape index (κ2) is 6.59. The van der Waals surface area contributed by atoms with Crippen LogP contribution >= 0.6 is 0 Å². The van der Waals surface area contributed by atoms with Crippen LogP contribution in [0.15, 0.2) is 30.3 Å². The highest BCUT2D eigenvalue weighted by molar-refractivity contribution is 5.17. The lowest BCUT2D eigenvalue weighted by molar-refractivity contribution is 0.479. The lowest BCUT2D eigenvalue weighted by Gasteiger charge is -2.15. The fraction of sp³-hybridized carbons (Fsp3) is 0.538. The van der Waals surface area contributed by atoms with Crippen molar-refractivity contribution in [2.24, 2.45) is 11.7 Å². The molecule has 1 rings (SSSR count). The van der Waals surface area contributed by atoms with Crippen LogP contribution in [0.25, 0.3) is 0 Å². The zero-order valence-corrected chi connectivity index (χ0v) is 9.74. The Morgan fingerprint density at radius 3 is 2.47 bits per heavy atom. The molecule has 2 nitrogen and oxygen atoms in total. The summed E-state index contributed by atoms with van der Waals surface area (Å²) in [7, 11) is 0. The number of hydrogen-bond donors (Lipinski definition) is 2. The van der Waals surface area contributed by atoms with Gasteiger partial charge < -0.3 is 11.1 Å². The number of nitrogens with one attached hydrogen (secondary N) is 1. The highest BCUT2D eigenvalue weighted by Crippen LogP contribution is 2.11. The number of nitrogens with two attached hydrogens (primary N) is 1. The van der Waals surface area contributed by atoms with Crippen LogP contribution in [0, 0.1) is 5.92 Å². The molecule has 15 heavy (non-hydrogen) atoms. The third kappa shape index (κ3) is 4.45. The molecule has 0 aliphatic heterocycles. The molecule has 0 radical (unpaired) electrons. The second-order valence-corrected chi connectivity index (χ2v) is 4.22. The Morgan fingerprint density at radius 1 is 1.20 bits per heavy atom. The van der Waals surface area contributed by atoms with Crippen LogP contribution in [0.1, 0.15) is 31.9 Å². The molecular formula is C13H22N2. The predicted octanol–water partition coefficient (Wildman–Crippen LogP) is 2.32. The fourth-order valence-electron chi connectivity index (χ4n) is 1.52. The van der Waals surface area contributed by atoms with Crippen molar-refractivity contribution in [1.29, 1.82) is 0 Å². The van der Waals surface area contributed by atoms with Gasteiger partial charge in [-0.05, 0) is 37.9 Å². The molecule has 3 N–H and O–H groups in total. The first-order valence-electron chi connectivity index (χ1n) is 5.72. The summed E-state index contributed by atoms with van der Waals surface area (Å²) in [5.74, 6) is 0.612. The van der Waals surface area contributed by atoms with Crippen molar-refractivity contribution < 1.29 is 0 Å². The van der Waals surface area contributed by atoms with Gasteiger partial charge in [0, 0.05) is 6.04 Å². The van der Waals surface area contributed by atoms with E-state index in [1.54, 1.807) is 0 Å². The van der Waals surface area contributed by atoms with Crippen molar-refractivity contribution in [2.45, 2.75) is 26.3 Å². The molecule has 1 aromatic rings. The standard InChI is InChI=1S/C13H22N2/c1-11(10-14)8-9-15-12(2)13-6-4-3-5-7-13/h3-7,11-12,15H,8-10,14H2,1-2H3. The van der Waals surface area contributed by atoms with Crippen molar-refractivity contribution in [1.82, 2.24) is 5.32 Å². The zero-order valence-electron chi connectivity index (χ0n) is 9.74. The fourth-order valence-corrected chi connectivity index (χ4v) is 1.52. The van der Waals surface area contributed by atoms with E-state index in [0.717, 1.165) is 19.5 Å². The topological polar surface area (TPSA) is 38.0 Å². The Kier molecular flexibility index (Phi) is 5.37. The number of benzene rings is 1. The van der Waals surface area contributed by atoms with Gasteiger partial charge in [-0.25, -0.2) is 0 Å². The third-order valence-corrected chi connectivity index (χ3v) is 2.79. The van der Waals surface area contributed by atoms with E-state index in [0.29, 0.717) is 12.0 Å². The summed E-state index contributed by atoms with van der Waals surface area (Å²) >= 11 is 0. The van der Waals surface area contributed by atoms with Crippen molar-refractivity contribution in [2.75, 3.05) is 13.1 Å². The summed E-state index contributed by atoms with van der Waals surface area (Å²) in [5, 5.41) is 3.51. The normalized spacial score (nSPS) is 14.9. The third-order valence-electron chi connectivity index (χ3n) is 2.79. The van der Waals surface area contributed by atoms with Gasteiger partial charge in [-0.1, -0.05) is 37.3 Å². The van der Waals surface area contributed by atoms with Gasteiger partial charge in [0.15, 0.2) is 0 Å². The zero-order chi connectivity index (χ0) is 11.1. The maximum atomic E-state index is 5.57. The van der Waals surface area contributed by atoms with Gasteiger partial charge in [-0.3, -0.25) is 0 Å². The molecule has 1 aromatic carbocycles. The van der Waals surface area contributed by atoms with Crippen molar-refractivity contribution in [3.8, 4) is 0 Å². The van der Waals surface area contributed by atoms with Crippen LogP contribution in [0.2, 0.25) is 0 Å². The molecule has 0 saturated carbocycles. The van der Waals surface area contributed by atoms with E-state index < -0.39 is 0 Å². The maximum Gasteiger partial charge on any atom is 0.0291 e. The molecule has 0 heterocycles.